The average molecular weight is 287 g/mol. The molecule has 2 saturated heterocycles. The Hall–Kier alpha value is -0.900. The second-order valence-electron chi connectivity index (χ2n) is 6.98. The Balaban J connectivity index is 1.56. The van der Waals surface area contributed by atoms with Crippen molar-refractivity contribution < 1.29 is 0 Å². The van der Waals surface area contributed by atoms with Crippen molar-refractivity contribution in [2.24, 2.45) is 5.73 Å². The van der Waals surface area contributed by atoms with E-state index in [0.29, 0.717) is 6.04 Å². The standard InChI is InChI=1S/C18H29N3/c1-14-3-4-15(2)16(11-14)12-20-8-7-18(13-20)21-9-5-17(19)6-10-21/h3-4,11,17-18H,5-10,12-13,19H2,1-2H3. The molecule has 2 N–H and O–H groups in total. The molecule has 1 unspecified atom stereocenters. The molecule has 3 nitrogen and oxygen atoms in total. The van der Waals surface area contributed by atoms with Crippen molar-refractivity contribution in [2.45, 2.75) is 51.7 Å². The number of benzene rings is 1. The Bertz CT molecular complexity index is 477. The van der Waals surface area contributed by atoms with Crippen LogP contribution in [-0.2, 0) is 6.54 Å². The highest BCUT2D eigenvalue weighted by Crippen LogP contribution is 2.22. The number of rotatable bonds is 3. The predicted molar refractivity (Wildman–Crippen MR) is 88.4 cm³/mol. The fraction of sp³-hybridized carbons (Fsp3) is 0.667. The predicted octanol–water partition coefficient (Wildman–Crippen LogP) is 2.30. The van der Waals surface area contributed by atoms with Gasteiger partial charge in [-0.25, -0.2) is 0 Å². The summed E-state index contributed by atoms with van der Waals surface area (Å²) in [4.78, 5) is 5.30. The highest BCUT2D eigenvalue weighted by molar-refractivity contribution is 5.30. The molecular formula is C18H29N3. The van der Waals surface area contributed by atoms with Crippen LogP contribution in [0.3, 0.4) is 0 Å². The SMILES string of the molecule is Cc1ccc(C)c(CN2CCC(N3CCC(N)CC3)C2)c1. The highest BCUT2D eigenvalue weighted by Gasteiger charge is 2.29. The summed E-state index contributed by atoms with van der Waals surface area (Å²) in [5, 5.41) is 0. The summed E-state index contributed by atoms with van der Waals surface area (Å²) in [6.07, 6.45) is 3.67. The smallest absolute Gasteiger partial charge is 0.0237 e. The molecule has 1 aromatic carbocycles. The van der Waals surface area contributed by atoms with Crippen LogP contribution in [0.15, 0.2) is 18.2 Å². The fourth-order valence-corrected chi connectivity index (χ4v) is 3.75. The number of hydrogen-bond acceptors (Lipinski definition) is 3. The van der Waals surface area contributed by atoms with Crippen LogP contribution in [-0.4, -0.2) is 48.1 Å². The lowest BCUT2D eigenvalue weighted by atomic mass is 10.0. The Labute approximate surface area is 129 Å². The molecule has 2 aliphatic heterocycles. The van der Waals surface area contributed by atoms with Crippen molar-refractivity contribution in [3.63, 3.8) is 0 Å². The largest absolute Gasteiger partial charge is 0.328 e. The molecule has 0 aliphatic carbocycles. The summed E-state index contributed by atoms with van der Waals surface area (Å²) in [5.41, 5.74) is 10.3. The molecule has 3 rings (SSSR count). The monoisotopic (exact) mass is 287 g/mol. The molecule has 2 heterocycles. The van der Waals surface area contributed by atoms with Gasteiger partial charge < -0.3 is 5.73 Å². The molecule has 0 saturated carbocycles. The molecule has 3 heteroatoms. The van der Waals surface area contributed by atoms with Crippen molar-refractivity contribution >= 4 is 0 Å². The number of likely N-dealkylation sites (tertiary alicyclic amines) is 2. The first-order valence-corrected chi connectivity index (χ1v) is 8.40. The van der Waals surface area contributed by atoms with Gasteiger partial charge in [0.1, 0.15) is 0 Å². The first-order chi connectivity index (χ1) is 10.1. The number of piperidine rings is 1. The Morgan fingerprint density at radius 3 is 2.62 bits per heavy atom. The molecule has 0 aromatic heterocycles. The molecule has 0 radical (unpaired) electrons. The molecule has 1 aromatic rings. The third kappa shape index (κ3) is 3.65. The molecule has 0 spiro atoms. The minimum atomic E-state index is 0.439. The van der Waals surface area contributed by atoms with Crippen molar-refractivity contribution in [3.8, 4) is 0 Å². The summed E-state index contributed by atoms with van der Waals surface area (Å²) in [6, 6.07) is 8.01. The van der Waals surface area contributed by atoms with Crippen LogP contribution >= 0.6 is 0 Å². The van der Waals surface area contributed by atoms with E-state index < -0.39 is 0 Å². The number of nitrogens with two attached hydrogens (primary N) is 1. The molecular weight excluding hydrogens is 258 g/mol. The van der Waals surface area contributed by atoms with E-state index in [1.54, 1.807) is 0 Å². The zero-order chi connectivity index (χ0) is 14.8. The molecule has 0 bridgehead atoms. The Kier molecular flexibility index (Phi) is 4.63. The van der Waals surface area contributed by atoms with Gasteiger partial charge in [-0.1, -0.05) is 23.8 Å². The quantitative estimate of drug-likeness (QED) is 0.926. The lowest BCUT2D eigenvalue weighted by molar-refractivity contribution is 0.151. The minimum Gasteiger partial charge on any atom is -0.328 e. The van der Waals surface area contributed by atoms with Crippen LogP contribution in [0, 0.1) is 13.8 Å². The van der Waals surface area contributed by atoms with Crippen molar-refractivity contribution in [2.75, 3.05) is 26.2 Å². The normalized spacial score (nSPS) is 25.6. The van der Waals surface area contributed by atoms with Gasteiger partial charge in [0.05, 0.1) is 0 Å². The van der Waals surface area contributed by atoms with Crippen LogP contribution < -0.4 is 5.73 Å². The summed E-state index contributed by atoms with van der Waals surface area (Å²) in [5.74, 6) is 0. The van der Waals surface area contributed by atoms with Crippen LogP contribution in [0.1, 0.15) is 36.0 Å². The van der Waals surface area contributed by atoms with E-state index in [4.69, 9.17) is 5.73 Å². The zero-order valence-corrected chi connectivity index (χ0v) is 13.5. The number of aryl methyl sites for hydroxylation is 2. The first kappa shape index (κ1) is 15.0. The Morgan fingerprint density at radius 2 is 1.86 bits per heavy atom. The lowest BCUT2D eigenvalue weighted by Gasteiger charge is -2.34. The van der Waals surface area contributed by atoms with Gasteiger partial charge >= 0.3 is 0 Å². The van der Waals surface area contributed by atoms with Crippen LogP contribution in [0.4, 0.5) is 0 Å². The van der Waals surface area contributed by atoms with E-state index in [9.17, 15) is 0 Å². The fourth-order valence-electron chi connectivity index (χ4n) is 3.75. The second kappa shape index (κ2) is 6.47. The van der Waals surface area contributed by atoms with E-state index >= 15 is 0 Å². The molecule has 2 aliphatic rings. The van der Waals surface area contributed by atoms with Gasteiger partial charge in [0.2, 0.25) is 0 Å². The highest BCUT2D eigenvalue weighted by atomic mass is 15.3. The van der Waals surface area contributed by atoms with E-state index in [2.05, 4.69) is 41.8 Å². The van der Waals surface area contributed by atoms with Crippen molar-refractivity contribution in [3.05, 3.63) is 34.9 Å². The van der Waals surface area contributed by atoms with E-state index in [-0.39, 0.29) is 0 Å². The van der Waals surface area contributed by atoms with E-state index in [0.717, 1.165) is 12.6 Å². The molecule has 2 fully saturated rings. The second-order valence-corrected chi connectivity index (χ2v) is 6.98. The third-order valence-electron chi connectivity index (χ3n) is 5.24. The molecule has 0 amide bonds. The first-order valence-electron chi connectivity index (χ1n) is 8.40. The average Bonchev–Trinajstić information content (AvgIpc) is 2.92. The number of nitrogens with zero attached hydrogens (tertiary/aromatic N) is 2. The van der Waals surface area contributed by atoms with Gasteiger partial charge in [0.25, 0.3) is 0 Å². The summed E-state index contributed by atoms with van der Waals surface area (Å²) >= 11 is 0. The molecule has 116 valence electrons. The van der Waals surface area contributed by atoms with Gasteiger partial charge in [-0.2, -0.15) is 0 Å². The van der Waals surface area contributed by atoms with Crippen LogP contribution in [0.2, 0.25) is 0 Å². The lowest BCUT2D eigenvalue weighted by Crippen LogP contribution is -2.46. The molecule has 1 atom stereocenters. The minimum absolute atomic E-state index is 0.439. The molecule has 21 heavy (non-hydrogen) atoms. The maximum atomic E-state index is 6.02. The van der Waals surface area contributed by atoms with Crippen LogP contribution in [0.5, 0.6) is 0 Å². The third-order valence-corrected chi connectivity index (χ3v) is 5.24. The van der Waals surface area contributed by atoms with Gasteiger partial charge in [0.15, 0.2) is 0 Å². The Morgan fingerprint density at radius 1 is 1.10 bits per heavy atom. The van der Waals surface area contributed by atoms with E-state index in [1.165, 1.54) is 62.1 Å². The summed E-state index contributed by atoms with van der Waals surface area (Å²) in [7, 11) is 0. The van der Waals surface area contributed by atoms with Crippen molar-refractivity contribution in [1.29, 1.82) is 0 Å². The van der Waals surface area contributed by atoms with Crippen LogP contribution in [0.25, 0.3) is 0 Å². The summed E-state index contributed by atoms with van der Waals surface area (Å²) < 4.78 is 0. The van der Waals surface area contributed by atoms with Gasteiger partial charge in [-0.05, 0) is 57.3 Å². The maximum Gasteiger partial charge on any atom is 0.0237 e. The number of hydrogen-bond donors (Lipinski definition) is 1. The summed E-state index contributed by atoms with van der Waals surface area (Å²) in [6.45, 7) is 10.4. The maximum absolute atomic E-state index is 6.02. The van der Waals surface area contributed by atoms with Gasteiger partial charge in [-0.3, -0.25) is 9.80 Å². The van der Waals surface area contributed by atoms with Crippen molar-refractivity contribution in [1.82, 2.24) is 9.80 Å². The van der Waals surface area contributed by atoms with E-state index in [1.807, 2.05) is 0 Å². The van der Waals surface area contributed by atoms with Gasteiger partial charge in [0, 0.05) is 31.7 Å². The topological polar surface area (TPSA) is 32.5 Å². The zero-order valence-electron chi connectivity index (χ0n) is 13.5. The van der Waals surface area contributed by atoms with Gasteiger partial charge in [-0.15, -0.1) is 0 Å².